The van der Waals surface area contributed by atoms with Gasteiger partial charge in [0.25, 0.3) is 11.6 Å². The first-order chi connectivity index (χ1) is 16.8. The van der Waals surface area contributed by atoms with Crippen molar-refractivity contribution in [3.63, 3.8) is 0 Å². The highest BCUT2D eigenvalue weighted by Gasteiger charge is 2.26. The highest BCUT2D eigenvalue weighted by molar-refractivity contribution is 9.10. The molecule has 0 saturated heterocycles. The molecule has 3 rings (SSSR count). The number of carbonyl (C=O) groups is 3. The van der Waals surface area contributed by atoms with Gasteiger partial charge in [0.1, 0.15) is 6.42 Å². The number of ether oxygens (including phenoxy) is 1. The Morgan fingerprint density at radius 2 is 1.71 bits per heavy atom. The summed E-state index contributed by atoms with van der Waals surface area (Å²) in [7, 11) is 0. The maximum Gasteiger partial charge on any atom is 0.339 e. The number of rotatable bonds is 8. The number of benzene rings is 3. The number of nitro groups is 1. The molecule has 11 heteroatoms. The van der Waals surface area contributed by atoms with E-state index in [4.69, 9.17) is 10.00 Å². The number of nitro benzene ring substituents is 1. The summed E-state index contributed by atoms with van der Waals surface area (Å²) in [4.78, 5) is 47.8. The Balaban J connectivity index is 1.79. The fourth-order valence-electron chi connectivity index (χ4n) is 2.96. The average molecular weight is 537 g/mol. The first-order valence-corrected chi connectivity index (χ1v) is 10.9. The van der Waals surface area contributed by atoms with E-state index in [0.29, 0.717) is 11.3 Å². The second-order valence-corrected chi connectivity index (χ2v) is 7.92. The SMILES string of the molecule is N#CCC(=O)Nc1ccc(C(=O)O[C@H](C(=O)Nc2ccc([N+](=O)[O-])cc2Br)c2ccccc2)cc1. The molecule has 0 fully saturated rings. The zero-order valence-electron chi connectivity index (χ0n) is 17.9. The summed E-state index contributed by atoms with van der Waals surface area (Å²) in [5.41, 5.74) is 1.04. The molecule has 3 aromatic carbocycles. The van der Waals surface area contributed by atoms with Gasteiger partial charge in [-0.25, -0.2) is 4.79 Å². The fourth-order valence-corrected chi connectivity index (χ4v) is 3.43. The number of esters is 1. The maximum absolute atomic E-state index is 13.1. The van der Waals surface area contributed by atoms with Gasteiger partial charge in [0.15, 0.2) is 0 Å². The Morgan fingerprint density at radius 3 is 2.31 bits per heavy atom. The van der Waals surface area contributed by atoms with Crippen LogP contribution in [0.25, 0.3) is 0 Å². The molecule has 0 bridgehead atoms. The van der Waals surface area contributed by atoms with Gasteiger partial charge in [-0.05, 0) is 46.3 Å². The Labute approximate surface area is 207 Å². The van der Waals surface area contributed by atoms with Crippen LogP contribution in [-0.2, 0) is 14.3 Å². The molecule has 0 aliphatic carbocycles. The number of non-ortho nitro benzene ring substituents is 1. The maximum atomic E-state index is 13.1. The van der Waals surface area contributed by atoms with Crippen LogP contribution in [0.1, 0.15) is 28.4 Å². The van der Waals surface area contributed by atoms with E-state index in [2.05, 4.69) is 26.6 Å². The molecule has 0 radical (unpaired) electrons. The summed E-state index contributed by atoms with van der Waals surface area (Å²) in [5.74, 6) is -1.94. The minimum atomic E-state index is -1.32. The molecule has 0 heterocycles. The van der Waals surface area contributed by atoms with Crippen molar-refractivity contribution in [3.05, 3.63) is 98.5 Å². The number of nitriles is 1. The summed E-state index contributed by atoms with van der Waals surface area (Å²) >= 11 is 3.20. The molecule has 0 unspecified atom stereocenters. The molecule has 10 nitrogen and oxygen atoms in total. The van der Waals surface area contributed by atoms with E-state index < -0.39 is 28.8 Å². The quantitative estimate of drug-likeness (QED) is 0.239. The van der Waals surface area contributed by atoms with Gasteiger partial charge >= 0.3 is 5.97 Å². The summed E-state index contributed by atoms with van der Waals surface area (Å²) < 4.78 is 5.80. The van der Waals surface area contributed by atoms with Gasteiger partial charge in [0.2, 0.25) is 12.0 Å². The number of nitrogens with one attached hydrogen (secondary N) is 2. The van der Waals surface area contributed by atoms with Crippen LogP contribution in [0, 0.1) is 21.4 Å². The fraction of sp³-hybridized carbons (Fsp3) is 0.0833. The van der Waals surface area contributed by atoms with Crippen LogP contribution in [0.4, 0.5) is 17.1 Å². The number of halogens is 1. The van der Waals surface area contributed by atoms with Crippen molar-refractivity contribution in [2.75, 3.05) is 10.6 Å². The summed E-state index contributed by atoms with van der Waals surface area (Å²) in [6.07, 6.45) is -1.62. The molecule has 0 aliphatic heterocycles. The lowest BCUT2D eigenvalue weighted by Gasteiger charge is -2.19. The van der Waals surface area contributed by atoms with Gasteiger partial charge in [0.05, 0.1) is 22.2 Å². The van der Waals surface area contributed by atoms with E-state index in [0.717, 1.165) is 0 Å². The van der Waals surface area contributed by atoms with Crippen molar-refractivity contribution in [1.82, 2.24) is 0 Å². The molecule has 2 N–H and O–H groups in total. The highest BCUT2D eigenvalue weighted by atomic mass is 79.9. The van der Waals surface area contributed by atoms with Crippen LogP contribution in [0.15, 0.2) is 77.3 Å². The molecule has 0 spiro atoms. The Kier molecular flexibility index (Phi) is 8.26. The average Bonchev–Trinajstić information content (AvgIpc) is 2.84. The number of carbonyl (C=O) groups excluding carboxylic acids is 3. The molecular formula is C24H17BrN4O6. The number of hydrogen-bond donors (Lipinski definition) is 2. The molecule has 0 aromatic heterocycles. The van der Waals surface area contributed by atoms with Gasteiger partial charge in [-0.3, -0.25) is 19.7 Å². The summed E-state index contributed by atoms with van der Waals surface area (Å²) in [5, 5.41) is 24.6. The Bertz CT molecular complexity index is 1310. The van der Waals surface area contributed by atoms with Gasteiger partial charge in [-0.15, -0.1) is 0 Å². The lowest BCUT2D eigenvalue weighted by Crippen LogP contribution is -2.26. The van der Waals surface area contributed by atoms with Crippen molar-refractivity contribution in [2.24, 2.45) is 0 Å². The normalized spacial score (nSPS) is 11.0. The first-order valence-electron chi connectivity index (χ1n) is 10.1. The van der Waals surface area contributed by atoms with Gasteiger partial charge in [-0.2, -0.15) is 5.26 Å². The second kappa shape index (κ2) is 11.5. The van der Waals surface area contributed by atoms with Crippen LogP contribution in [0.5, 0.6) is 0 Å². The molecule has 2 amide bonds. The molecular weight excluding hydrogens is 520 g/mol. The van der Waals surface area contributed by atoms with Gasteiger partial charge in [0, 0.05) is 27.9 Å². The van der Waals surface area contributed by atoms with Crippen LogP contribution in [-0.4, -0.2) is 22.7 Å². The van der Waals surface area contributed by atoms with Crippen molar-refractivity contribution >= 4 is 50.8 Å². The van der Waals surface area contributed by atoms with E-state index in [1.807, 2.05) is 0 Å². The molecule has 0 aliphatic rings. The third-order valence-electron chi connectivity index (χ3n) is 4.63. The number of nitrogens with zero attached hydrogens (tertiary/aromatic N) is 2. The van der Waals surface area contributed by atoms with E-state index in [1.165, 1.54) is 42.5 Å². The Hall–Kier alpha value is -4.56. The molecule has 1 atom stereocenters. The standard InChI is InChI=1S/C24H17BrN4O6/c25-19-14-18(29(33)34)10-11-20(19)28-23(31)22(15-4-2-1-3-5-15)35-24(32)16-6-8-17(9-7-16)27-21(30)12-13-26/h1-11,14,22H,12H2,(H,27,30)(H,28,31)/t22-/m0/s1. The van der Waals surface area contributed by atoms with Gasteiger partial charge < -0.3 is 15.4 Å². The van der Waals surface area contributed by atoms with Crippen molar-refractivity contribution in [3.8, 4) is 6.07 Å². The number of anilines is 2. The number of amides is 2. The predicted molar refractivity (Wildman–Crippen MR) is 129 cm³/mol. The molecule has 176 valence electrons. The zero-order chi connectivity index (χ0) is 25.4. The van der Waals surface area contributed by atoms with Crippen molar-refractivity contribution < 1.29 is 24.0 Å². The van der Waals surface area contributed by atoms with Crippen LogP contribution < -0.4 is 10.6 Å². The minimum Gasteiger partial charge on any atom is -0.444 e. The molecule has 3 aromatic rings. The summed E-state index contributed by atoms with van der Waals surface area (Å²) in [6.45, 7) is 0. The lowest BCUT2D eigenvalue weighted by atomic mass is 10.1. The monoisotopic (exact) mass is 536 g/mol. The zero-order valence-corrected chi connectivity index (χ0v) is 19.5. The van der Waals surface area contributed by atoms with Crippen LogP contribution >= 0.6 is 15.9 Å². The van der Waals surface area contributed by atoms with Crippen molar-refractivity contribution in [2.45, 2.75) is 12.5 Å². The predicted octanol–water partition coefficient (Wildman–Crippen LogP) is 4.75. The number of hydrogen-bond acceptors (Lipinski definition) is 7. The first kappa shape index (κ1) is 25.1. The van der Waals surface area contributed by atoms with Crippen LogP contribution in [0.2, 0.25) is 0 Å². The minimum absolute atomic E-state index is 0.133. The summed E-state index contributed by atoms with van der Waals surface area (Å²) in [6, 6.07) is 19.7. The highest BCUT2D eigenvalue weighted by Crippen LogP contribution is 2.29. The Morgan fingerprint density at radius 1 is 1.03 bits per heavy atom. The topological polar surface area (TPSA) is 151 Å². The molecule has 35 heavy (non-hydrogen) atoms. The smallest absolute Gasteiger partial charge is 0.339 e. The van der Waals surface area contributed by atoms with Crippen molar-refractivity contribution in [1.29, 1.82) is 5.26 Å². The second-order valence-electron chi connectivity index (χ2n) is 7.07. The van der Waals surface area contributed by atoms with E-state index in [-0.39, 0.29) is 27.8 Å². The van der Waals surface area contributed by atoms with E-state index in [1.54, 1.807) is 36.4 Å². The van der Waals surface area contributed by atoms with E-state index >= 15 is 0 Å². The lowest BCUT2D eigenvalue weighted by molar-refractivity contribution is -0.384. The molecule has 0 saturated carbocycles. The van der Waals surface area contributed by atoms with E-state index in [9.17, 15) is 24.5 Å². The third kappa shape index (κ3) is 6.72. The third-order valence-corrected chi connectivity index (χ3v) is 5.29. The van der Waals surface area contributed by atoms with Crippen LogP contribution in [0.3, 0.4) is 0 Å². The van der Waals surface area contributed by atoms with Gasteiger partial charge in [-0.1, -0.05) is 30.3 Å². The largest absolute Gasteiger partial charge is 0.444 e.